The van der Waals surface area contributed by atoms with Crippen LogP contribution in [-0.4, -0.2) is 28.1 Å². The molecule has 0 aromatic carbocycles. The second-order valence-electron chi connectivity index (χ2n) is 4.57. The fraction of sp³-hybridized carbons (Fsp3) is 0.833. The molecule has 1 unspecified atom stereocenters. The highest BCUT2D eigenvalue weighted by atomic mass is 32.2. The smallest absolute Gasteiger partial charge is 0.404 e. The number of hydrogen-bond acceptors (Lipinski definition) is 3. The Bertz CT molecular complexity index is 264. The molecule has 1 rings (SSSR count). The molecule has 2 N–H and O–H groups in total. The normalized spacial score (nSPS) is 17.9. The molecule has 0 radical (unpaired) electrons. The van der Waals surface area contributed by atoms with Gasteiger partial charge in [-0.2, -0.15) is 0 Å². The molecule has 0 heterocycles. The second kappa shape index (κ2) is 7.58. The van der Waals surface area contributed by atoms with Gasteiger partial charge in [-0.15, -0.1) is 0 Å². The Kier molecular flexibility index (Phi) is 6.40. The summed E-state index contributed by atoms with van der Waals surface area (Å²) in [5, 5.41) is 11.4. The zero-order valence-electron chi connectivity index (χ0n) is 10.3. The van der Waals surface area contributed by atoms with Crippen molar-refractivity contribution in [1.29, 1.82) is 0 Å². The summed E-state index contributed by atoms with van der Waals surface area (Å²) in [6.45, 7) is 2.10. The van der Waals surface area contributed by atoms with Gasteiger partial charge in [0.2, 0.25) is 0 Å². The highest BCUT2D eigenvalue weighted by molar-refractivity contribution is 8.14. The minimum atomic E-state index is -0.971. The Hall–Kier alpha value is -0.710. The monoisotopic (exact) mass is 259 g/mol. The van der Waals surface area contributed by atoms with Crippen LogP contribution in [0.5, 0.6) is 0 Å². The van der Waals surface area contributed by atoms with Crippen molar-refractivity contribution in [3.8, 4) is 0 Å². The van der Waals surface area contributed by atoms with Gasteiger partial charge in [0.05, 0.1) is 0 Å². The van der Waals surface area contributed by atoms with E-state index in [1.165, 1.54) is 37.4 Å². The van der Waals surface area contributed by atoms with Gasteiger partial charge in [-0.05, 0) is 31.6 Å². The van der Waals surface area contributed by atoms with Gasteiger partial charge in [-0.1, -0.05) is 24.6 Å². The SMILES string of the molecule is CC(=O)SC(CCCNC(=O)O)C1CCCC1. The topological polar surface area (TPSA) is 66.4 Å². The maximum absolute atomic E-state index is 11.2. The van der Waals surface area contributed by atoms with Gasteiger partial charge in [-0.25, -0.2) is 4.79 Å². The van der Waals surface area contributed by atoms with Crippen LogP contribution in [-0.2, 0) is 4.79 Å². The standard InChI is InChI=1S/C12H21NO3S/c1-9(14)17-11(10-5-2-3-6-10)7-4-8-13-12(15)16/h10-11,13H,2-8H2,1H3,(H,15,16). The summed E-state index contributed by atoms with van der Waals surface area (Å²) in [6, 6.07) is 0. The Morgan fingerprint density at radius 2 is 2.06 bits per heavy atom. The lowest BCUT2D eigenvalue weighted by molar-refractivity contribution is -0.109. The van der Waals surface area contributed by atoms with Gasteiger partial charge in [-0.3, -0.25) is 4.79 Å². The molecular formula is C12H21NO3S. The van der Waals surface area contributed by atoms with E-state index in [9.17, 15) is 9.59 Å². The largest absolute Gasteiger partial charge is 0.465 e. The minimum Gasteiger partial charge on any atom is -0.465 e. The maximum Gasteiger partial charge on any atom is 0.404 e. The van der Waals surface area contributed by atoms with Crippen molar-refractivity contribution in [3.05, 3.63) is 0 Å². The quantitative estimate of drug-likeness (QED) is 0.720. The number of carbonyl (C=O) groups is 2. The number of thioether (sulfide) groups is 1. The molecule has 5 heteroatoms. The van der Waals surface area contributed by atoms with E-state index >= 15 is 0 Å². The van der Waals surface area contributed by atoms with Crippen molar-refractivity contribution in [2.24, 2.45) is 5.92 Å². The van der Waals surface area contributed by atoms with E-state index in [1.807, 2.05) is 0 Å². The first-order chi connectivity index (χ1) is 8.09. The highest BCUT2D eigenvalue weighted by Crippen LogP contribution is 2.36. The number of amides is 1. The molecule has 1 fully saturated rings. The van der Waals surface area contributed by atoms with Crippen molar-refractivity contribution >= 4 is 23.0 Å². The van der Waals surface area contributed by atoms with Crippen molar-refractivity contribution < 1.29 is 14.7 Å². The summed E-state index contributed by atoms with van der Waals surface area (Å²) in [5.41, 5.74) is 0. The Balaban J connectivity index is 2.29. The van der Waals surface area contributed by atoms with Crippen LogP contribution in [0.25, 0.3) is 0 Å². The van der Waals surface area contributed by atoms with E-state index in [1.54, 1.807) is 6.92 Å². The van der Waals surface area contributed by atoms with Crippen molar-refractivity contribution in [2.45, 2.75) is 50.7 Å². The molecule has 1 amide bonds. The van der Waals surface area contributed by atoms with Gasteiger partial charge < -0.3 is 10.4 Å². The van der Waals surface area contributed by atoms with Crippen LogP contribution in [0.1, 0.15) is 45.4 Å². The van der Waals surface area contributed by atoms with Gasteiger partial charge in [0.1, 0.15) is 0 Å². The summed E-state index contributed by atoms with van der Waals surface area (Å²) in [6.07, 6.45) is 5.75. The zero-order valence-corrected chi connectivity index (χ0v) is 11.1. The summed E-state index contributed by atoms with van der Waals surface area (Å²) < 4.78 is 0. The van der Waals surface area contributed by atoms with Crippen molar-refractivity contribution in [1.82, 2.24) is 5.32 Å². The lowest BCUT2D eigenvalue weighted by atomic mass is 10.00. The predicted molar refractivity (Wildman–Crippen MR) is 69.3 cm³/mol. The molecular weight excluding hydrogens is 238 g/mol. The summed E-state index contributed by atoms with van der Waals surface area (Å²) >= 11 is 1.44. The molecule has 0 aromatic rings. The lowest BCUT2D eigenvalue weighted by Crippen LogP contribution is -2.24. The number of carbonyl (C=O) groups excluding carboxylic acids is 1. The van der Waals surface area contributed by atoms with E-state index in [0.29, 0.717) is 17.7 Å². The van der Waals surface area contributed by atoms with Crippen LogP contribution >= 0.6 is 11.8 Å². The van der Waals surface area contributed by atoms with Crippen molar-refractivity contribution in [3.63, 3.8) is 0 Å². The summed E-state index contributed by atoms with van der Waals surface area (Å²) in [7, 11) is 0. The first-order valence-corrected chi connectivity index (χ1v) is 7.11. The van der Waals surface area contributed by atoms with E-state index in [2.05, 4.69) is 5.32 Å². The summed E-state index contributed by atoms with van der Waals surface area (Å²) in [4.78, 5) is 21.5. The fourth-order valence-corrected chi connectivity index (χ4v) is 3.61. The van der Waals surface area contributed by atoms with Crippen LogP contribution in [0.15, 0.2) is 0 Å². The van der Waals surface area contributed by atoms with E-state index in [-0.39, 0.29) is 5.12 Å². The Labute approximate surface area is 107 Å². The van der Waals surface area contributed by atoms with Gasteiger partial charge in [0.25, 0.3) is 0 Å². The van der Waals surface area contributed by atoms with Crippen molar-refractivity contribution in [2.75, 3.05) is 6.54 Å². The molecule has 0 spiro atoms. The average Bonchev–Trinajstić information content (AvgIpc) is 2.74. The van der Waals surface area contributed by atoms with Crippen LogP contribution in [0, 0.1) is 5.92 Å². The molecule has 4 nitrogen and oxygen atoms in total. The predicted octanol–water partition coefficient (Wildman–Crippen LogP) is 2.87. The number of carboxylic acid groups (broad SMARTS) is 1. The Morgan fingerprint density at radius 1 is 1.41 bits per heavy atom. The Morgan fingerprint density at radius 3 is 2.59 bits per heavy atom. The number of nitrogens with one attached hydrogen (secondary N) is 1. The van der Waals surface area contributed by atoms with E-state index in [4.69, 9.17) is 5.11 Å². The molecule has 1 atom stereocenters. The van der Waals surface area contributed by atoms with Crippen LogP contribution in [0.4, 0.5) is 4.79 Å². The molecule has 0 bridgehead atoms. The van der Waals surface area contributed by atoms with E-state index in [0.717, 1.165) is 12.8 Å². The molecule has 0 aromatic heterocycles. The second-order valence-corrected chi connectivity index (χ2v) is 5.98. The number of hydrogen-bond donors (Lipinski definition) is 2. The molecule has 1 aliphatic rings. The lowest BCUT2D eigenvalue weighted by Gasteiger charge is -2.21. The van der Waals surface area contributed by atoms with Crippen LogP contribution < -0.4 is 5.32 Å². The maximum atomic E-state index is 11.2. The van der Waals surface area contributed by atoms with Gasteiger partial charge >= 0.3 is 6.09 Å². The average molecular weight is 259 g/mol. The molecule has 17 heavy (non-hydrogen) atoms. The molecule has 0 aliphatic heterocycles. The zero-order chi connectivity index (χ0) is 12.7. The minimum absolute atomic E-state index is 0.174. The summed E-state index contributed by atoms with van der Waals surface area (Å²) in [5.74, 6) is 0.647. The third-order valence-corrected chi connectivity index (χ3v) is 4.44. The first-order valence-electron chi connectivity index (χ1n) is 6.23. The first kappa shape index (κ1) is 14.4. The van der Waals surface area contributed by atoms with Gasteiger partial charge in [0, 0.05) is 18.7 Å². The van der Waals surface area contributed by atoms with Crippen LogP contribution in [0.2, 0.25) is 0 Å². The molecule has 0 saturated heterocycles. The van der Waals surface area contributed by atoms with Gasteiger partial charge in [0.15, 0.2) is 5.12 Å². The molecule has 1 saturated carbocycles. The van der Waals surface area contributed by atoms with E-state index < -0.39 is 6.09 Å². The molecule has 98 valence electrons. The van der Waals surface area contributed by atoms with Crippen LogP contribution in [0.3, 0.4) is 0 Å². The highest BCUT2D eigenvalue weighted by Gasteiger charge is 2.26. The molecule has 1 aliphatic carbocycles. The fourth-order valence-electron chi connectivity index (χ4n) is 2.43. The third-order valence-electron chi connectivity index (χ3n) is 3.18. The third kappa shape index (κ3) is 5.96. The number of rotatable bonds is 6.